The SMILES string of the molecule is [CH2-][C@@](O)(c1ccc(F)cc1F)C(F)(F)c1ccc(-c2ccc(C)cc2)cn1.[CH2-][C@](O)(c1ccc(F)cc1F)C(F)(F)c1ccc(-c2ccc(C)cc2)cn1.[Y].[Y]. The zero-order valence-corrected chi connectivity index (χ0v) is 35.6. The third-order valence-corrected chi connectivity index (χ3v) is 8.73. The molecule has 2 N–H and O–H groups in total. The predicted molar refractivity (Wildman–Crippen MR) is 188 cm³/mol. The molecule has 0 aliphatic carbocycles. The van der Waals surface area contributed by atoms with Crippen LogP contribution in [0.3, 0.4) is 0 Å². The molecule has 0 aliphatic heterocycles. The van der Waals surface area contributed by atoms with Crippen LogP contribution in [0.4, 0.5) is 35.1 Å². The van der Waals surface area contributed by atoms with Crippen LogP contribution in [-0.2, 0) is 88.5 Å². The van der Waals surface area contributed by atoms with Crippen LogP contribution in [0.2, 0.25) is 0 Å². The maximum absolute atomic E-state index is 14.9. The molecular weight excluding hydrogens is 894 g/mol. The second kappa shape index (κ2) is 18.6. The van der Waals surface area contributed by atoms with Crippen LogP contribution in [0.1, 0.15) is 33.6 Å². The third-order valence-electron chi connectivity index (χ3n) is 8.73. The number of pyridine rings is 2. The topological polar surface area (TPSA) is 66.2 Å². The minimum absolute atomic E-state index is 0. The summed E-state index contributed by atoms with van der Waals surface area (Å²) in [6, 6.07) is 23.6. The maximum atomic E-state index is 14.9. The van der Waals surface area contributed by atoms with Crippen molar-refractivity contribution in [2.75, 3.05) is 0 Å². The van der Waals surface area contributed by atoms with Crippen LogP contribution in [0.25, 0.3) is 22.3 Å². The van der Waals surface area contributed by atoms with Gasteiger partial charge in [0.1, 0.15) is 34.7 Å². The van der Waals surface area contributed by atoms with Crippen LogP contribution in [-0.4, -0.2) is 20.2 Å². The first-order valence-corrected chi connectivity index (χ1v) is 16.1. The first-order valence-electron chi connectivity index (χ1n) is 16.1. The molecule has 2 heterocycles. The molecule has 0 saturated carbocycles. The van der Waals surface area contributed by atoms with E-state index in [1.54, 1.807) is 0 Å². The van der Waals surface area contributed by atoms with Crippen LogP contribution < -0.4 is 0 Å². The van der Waals surface area contributed by atoms with Gasteiger partial charge >= 0.3 is 0 Å². The molecule has 0 spiro atoms. The van der Waals surface area contributed by atoms with Crippen LogP contribution in [0, 0.1) is 51.0 Å². The summed E-state index contributed by atoms with van der Waals surface area (Å²) in [5.41, 5.74) is -4.63. The molecule has 0 unspecified atom stereocenters. The van der Waals surface area contributed by atoms with Crippen molar-refractivity contribution in [2.24, 2.45) is 0 Å². The van der Waals surface area contributed by atoms with Crippen molar-refractivity contribution in [1.29, 1.82) is 0 Å². The molecule has 14 heteroatoms. The Morgan fingerprint density at radius 3 is 1.04 bits per heavy atom. The van der Waals surface area contributed by atoms with Gasteiger partial charge in [0, 0.05) is 112 Å². The fourth-order valence-electron chi connectivity index (χ4n) is 5.40. The van der Waals surface area contributed by atoms with Gasteiger partial charge in [0.2, 0.25) is 0 Å². The first-order chi connectivity index (χ1) is 25.3. The van der Waals surface area contributed by atoms with Gasteiger partial charge in [-0.3, -0.25) is 9.97 Å². The van der Waals surface area contributed by atoms with Gasteiger partial charge in [-0.25, -0.2) is 17.6 Å². The van der Waals surface area contributed by atoms with E-state index in [1.165, 1.54) is 24.5 Å². The van der Waals surface area contributed by atoms with E-state index in [4.69, 9.17) is 0 Å². The number of hydrogen-bond donors (Lipinski definition) is 2. The van der Waals surface area contributed by atoms with E-state index in [-0.39, 0.29) is 65.4 Å². The Hall–Kier alpha value is -3.25. The average molecular weight is 927 g/mol. The molecule has 286 valence electrons. The zero-order valence-electron chi connectivity index (χ0n) is 29.9. The Balaban J connectivity index is 0.000000290. The summed E-state index contributed by atoms with van der Waals surface area (Å²) >= 11 is 0. The average Bonchev–Trinajstić information content (AvgIpc) is 3.12. The molecule has 4 nitrogen and oxygen atoms in total. The van der Waals surface area contributed by atoms with E-state index < -0.39 is 68.8 Å². The second-order valence-corrected chi connectivity index (χ2v) is 12.7. The van der Waals surface area contributed by atoms with E-state index in [0.29, 0.717) is 23.3 Å². The minimum Gasteiger partial charge on any atom is -0.411 e. The van der Waals surface area contributed by atoms with Crippen LogP contribution >= 0.6 is 0 Å². The largest absolute Gasteiger partial charge is 0.411 e. The van der Waals surface area contributed by atoms with Crippen molar-refractivity contribution in [3.63, 3.8) is 0 Å². The Bertz CT molecular complexity index is 2070. The zero-order chi connectivity index (χ0) is 39.6. The van der Waals surface area contributed by atoms with Gasteiger partial charge in [-0.15, -0.1) is 0 Å². The summed E-state index contributed by atoms with van der Waals surface area (Å²) in [6.07, 6.45) is 2.48. The van der Waals surface area contributed by atoms with E-state index in [1.807, 2.05) is 62.4 Å². The summed E-state index contributed by atoms with van der Waals surface area (Å²) < 4.78 is 113. The smallest absolute Gasteiger partial charge is 0.294 e. The quantitative estimate of drug-likeness (QED) is 0.118. The monoisotopic (exact) mass is 926 g/mol. The van der Waals surface area contributed by atoms with Gasteiger partial charge in [0.25, 0.3) is 11.8 Å². The van der Waals surface area contributed by atoms with Crippen molar-refractivity contribution in [3.05, 3.63) is 192 Å². The second-order valence-electron chi connectivity index (χ2n) is 12.7. The van der Waals surface area contributed by atoms with Gasteiger partial charge in [-0.1, -0.05) is 83.9 Å². The summed E-state index contributed by atoms with van der Waals surface area (Å²) in [5, 5.41) is 20.6. The van der Waals surface area contributed by atoms with Gasteiger partial charge in [-0.05, 0) is 60.4 Å². The molecule has 2 radical (unpaired) electrons. The fraction of sp³-hybridized carbons (Fsp3) is 0.143. The van der Waals surface area contributed by atoms with Crippen molar-refractivity contribution in [3.8, 4) is 22.3 Å². The molecule has 0 fully saturated rings. The van der Waals surface area contributed by atoms with E-state index in [0.717, 1.165) is 58.7 Å². The summed E-state index contributed by atoms with van der Waals surface area (Å²) in [6.45, 7) is 10.00. The van der Waals surface area contributed by atoms with Crippen molar-refractivity contribution >= 4 is 0 Å². The summed E-state index contributed by atoms with van der Waals surface area (Å²) in [4.78, 5) is 7.48. The number of rotatable bonds is 8. The van der Waals surface area contributed by atoms with Crippen molar-refractivity contribution in [1.82, 2.24) is 9.97 Å². The number of aromatic nitrogens is 2. The van der Waals surface area contributed by atoms with Gasteiger partial charge in [0.15, 0.2) is 0 Å². The summed E-state index contributed by atoms with van der Waals surface area (Å²) in [7, 11) is 0. The number of benzene rings is 4. The number of halogens is 8. The number of aryl methyl sites for hydroxylation is 2. The number of nitrogens with zero attached hydrogens (tertiary/aromatic N) is 2. The molecule has 2 atom stereocenters. The standard InChI is InChI=1S/2C21H16F4NO.2Y/c2*1-13-3-5-14(6-4-13)15-7-10-19(26-12-15)21(24,25)20(2,27)17-9-8-16(22)11-18(17)23;;/h2*3-12,27H,2H2,1H3;;/q2*-1;;/t2*20-;;/m10../s1. The molecule has 0 saturated heterocycles. The summed E-state index contributed by atoms with van der Waals surface area (Å²) in [5.74, 6) is -12.6. The molecule has 0 aliphatic rings. The van der Waals surface area contributed by atoms with Crippen molar-refractivity contribution in [2.45, 2.75) is 36.9 Å². The molecule has 4 aromatic carbocycles. The van der Waals surface area contributed by atoms with E-state index in [2.05, 4.69) is 23.8 Å². The van der Waals surface area contributed by atoms with E-state index in [9.17, 15) is 45.3 Å². The maximum Gasteiger partial charge on any atom is 0.294 e. The van der Waals surface area contributed by atoms with Crippen molar-refractivity contribution < 1.29 is 111 Å². The normalized spacial score (nSPS) is 13.5. The Kier molecular flexibility index (Phi) is 15.6. The number of aliphatic hydroxyl groups is 2. The minimum atomic E-state index is -4.02. The van der Waals surface area contributed by atoms with Gasteiger partial charge < -0.3 is 24.1 Å². The molecular formula is C42H32F8N2O2Y2-2. The van der Waals surface area contributed by atoms with Crippen LogP contribution in [0.15, 0.2) is 122 Å². The predicted octanol–water partition coefficient (Wildman–Crippen LogP) is 10.3. The fourth-order valence-corrected chi connectivity index (χ4v) is 5.40. The molecule has 0 bridgehead atoms. The third kappa shape index (κ3) is 9.88. The Labute approximate surface area is 369 Å². The Morgan fingerprint density at radius 2 is 0.768 bits per heavy atom. The Morgan fingerprint density at radius 1 is 0.464 bits per heavy atom. The van der Waals surface area contributed by atoms with Gasteiger partial charge in [0.05, 0.1) is 0 Å². The van der Waals surface area contributed by atoms with Gasteiger partial charge in [-0.2, -0.15) is 17.6 Å². The molecule has 0 amide bonds. The molecule has 2 aromatic heterocycles. The number of hydrogen-bond acceptors (Lipinski definition) is 4. The first kappa shape index (κ1) is 47.1. The van der Waals surface area contributed by atoms with E-state index >= 15 is 0 Å². The van der Waals surface area contributed by atoms with Crippen LogP contribution in [0.5, 0.6) is 0 Å². The molecule has 56 heavy (non-hydrogen) atoms. The molecule has 6 aromatic rings. The number of alkyl halides is 4. The molecule has 6 rings (SSSR count).